The summed E-state index contributed by atoms with van der Waals surface area (Å²) in [5.41, 5.74) is 3.40. The van der Waals surface area contributed by atoms with Crippen LogP contribution in [0.2, 0.25) is 6.32 Å². The Bertz CT molecular complexity index is 291. The molecule has 0 radical (unpaired) electrons. The maximum Gasteiger partial charge on any atom is 0.451 e. The van der Waals surface area contributed by atoms with Crippen LogP contribution in [0.4, 0.5) is 0 Å². The third kappa shape index (κ3) is 2.61. The van der Waals surface area contributed by atoms with E-state index in [0.29, 0.717) is 19.4 Å². The summed E-state index contributed by atoms with van der Waals surface area (Å²) >= 11 is 0. The number of nitrogens with two attached hydrogens (primary N) is 1. The van der Waals surface area contributed by atoms with Gasteiger partial charge in [-0.1, -0.05) is 6.42 Å². The highest BCUT2D eigenvalue weighted by molar-refractivity contribution is 6.40. The highest BCUT2D eigenvalue weighted by atomic mass is 16.4. The Morgan fingerprint density at radius 1 is 1.41 bits per heavy atom. The lowest BCUT2D eigenvalue weighted by Crippen LogP contribution is -2.62. The number of nitrogens with one attached hydrogen (secondary N) is 1. The first-order valence-corrected chi connectivity index (χ1v) is 5.58. The van der Waals surface area contributed by atoms with Crippen molar-refractivity contribution in [3.05, 3.63) is 0 Å². The minimum absolute atomic E-state index is 0.102. The Balaban J connectivity index is 2.76. The molecule has 0 aromatic rings. The second-order valence-electron chi connectivity index (χ2n) is 4.69. The standard InChI is InChI=1S/C9H19BN2O5/c11-9(7(14)15)5-12-4-8(9,6-13)2-1-3-10(16)17/h12-13,16-17H,1-6,11H2,(H,14,15)/t8-,9-/m1/s1. The van der Waals surface area contributed by atoms with Crippen LogP contribution in [0.5, 0.6) is 0 Å². The number of aliphatic hydroxyl groups is 1. The first-order chi connectivity index (χ1) is 7.88. The predicted molar refractivity (Wildman–Crippen MR) is 61.2 cm³/mol. The third-order valence-corrected chi connectivity index (χ3v) is 3.62. The monoisotopic (exact) mass is 246 g/mol. The molecular weight excluding hydrogens is 227 g/mol. The number of aliphatic hydroxyl groups excluding tert-OH is 1. The van der Waals surface area contributed by atoms with Gasteiger partial charge in [-0.05, 0) is 12.7 Å². The summed E-state index contributed by atoms with van der Waals surface area (Å²) in [6.07, 6.45) is 0.862. The van der Waals surface area contributed by atoms with Crippen LogP contribution in [0.15, 0.2) is 0 Å². The van der Waals surface area contributed by atoms with Gasteiger partial charge < -0.3 is 31.3 Å². The molecule has 2 atom stereocenters. The zero-order valence-corrected chi connectivity index (χ0v) is 9.59. The highest BCUT2D eigenvalue weighted by Crippen LogP contribution is 2.38. The van der Waals surface area contributed by atoms with E-state index in [0.717, 1.165) is 0 Å². The summed E-state index contributed by atoms with van der Waals surface area (Å²) in [7, 11) is -1.42. The topological polar surface area (TPSA) is 136 Å². The fraction of sp³-hybridized carbons (Fsp3) is 0.889. The average Bonchev–Trinajstić information content (AvgIpc) is 2.58. The summed E-state index contributed by atoms with van der Waals surface area (Å²) in [6, 6.07) is 0. The van der Waals surface area contributed by atoms with Crippen molar-refractivity contribution in [1.29, 1.82) is 0 Å². The van der Waals surface area contributed by atoms with Crippen molar-refractivity contribution in [2.45, 2.75) is 24.7 Å². The van der Waals surface area contributed by atoms with Crippen LogP contribution >= 0.6 is 0 Å². The quantitative estimate of drug-likeness (QED) is 0.287. The van der Waals surface area contributed by atoms with E-state index in [-0.39, 0.29) is 19.5 Å². The summed E-state index contributed by atoms with van der Waals surface area (Å²) < 4.78 is 0. The van der Waals surface area contributed by atoms with Gasteiger partial charge in [0.15, 0.2) is 0 Å². The number of aliphatic carboxylic acids is 1. The van der Waals surface area contributed by atoms with Crippen LogP contribution in [0.25, 0.3) is 0 Å². The molecule has 0 saturated carbocycles. The molecule has 7 nitrogen and oxygen atoms in total. The van der Waals surface area contributed by atoms with Gasteiger partial charge in [0, 0.05) is 18.5 Å². The van der Waals surface area contributed by atoms with E-state index in [1.807, 2.05) is 0 Å². The van der Waals surface area contributed by atoms with Gasteiger partial charge in [-0.15, -0.1) is 0 Å². The van der Waals surface area contributed by atoms with Crippen LogP contribution < -0.4 is 11.1 Å². The van der Waals surface area contributed by atoms with E-state index < -0.39 is 24.0 Å². The SMILES string of the molecule is N[C@@]1(C(=O)O)CNC[C@@]1(CO)CCCB(O)O. The van der Waals surface area contributed by atoms with Crippen LogP contribution in [0.1, 0.15) is 12.8 Å². The molecule has 1 rings (SSSR count). The molecule has 0 bridgehead atoms. The second-order valence-corrected chi connectivity index (χ2v) is 4.69. The predicted octanol–water partition coefficient (Wildman–Crippen LogP) is -2.40. The van der Waals surface area contributed by atoms with Crippen molar-refractivity contribution in [2.75, 3.05) is 19.7 Å². The molecule has 7 N–H and O–H groups in total. The molecule has 0 aromatic carbocycles. The lowest BCUT2D eigenvalue weighted by Gasteiger charge is -2.38. The van der Waals surface area contributed by atoms with Gasteiger partial charge in [-0.3, -0.25) is 4.79 Å². The zero-order valence-electron chi connectivity index (χ0n) is 9.59. The Hall–Kier alpha value is -0.665. The van der Waals surface area contributed by atoms with Crippen molar-refractivity contribution in [2.24, 2.45) is 11.1 Å². The van der Waals surface area contributed by atoms with Crippen molar-refractivity contribution in [3.8, 4) is 0 Å². The van der Waals surface area contributed by atoms with Gasteiger partial charge in [0.2, 0.25) is 0 Å². The number of hydrogen-bond acceptors (Lipinski definition) is 6. The largest absolute Gasteiger partial charge is 0.480 e. The Kier molecular flexibility index (Phi) is 4.51. The number of rotatable bonds is 6. The molecule has 0 amide bonds. The van der Waals surface area contributed by atoms with Gasteiger partial charge >= 0.3 is 13.1 Å². The van der Waals surface area contributed by atoms with Crippen molar-refractivity contribution < 1.29 is 25.1 Å². The number of carbonyl (C=O) groups is 1. The molecule has 1 fully saturated rings. The van der Waals surface area contributed by atoms with Gasteiger partial charge in [0.05, 0.1) is 6.61 Å². The van der Waals surface area contributed by atoms with Crippen molar-refractivity contribution in [3.63, 3.8) is 0 Å². The summed E-state index contributed by atoms with van der Waals surface area (Å²) in [5.74, 6) is -1.15. The van der Waals surface area contributed by atoms with Crippen LogP contribution in [0, 0.1) is 5.41 Å². The van der Waals surface area contributed by atoms with E-state index in [1.54, 1.807) is 0 Å². The fourth-order valence-electron chi connectivity index (χ4n) is 2.36. The molecule has 1 saturated heterocycles. The molecule has 0 spiro atoms. The molecule has 0 aliphatic carbocycles. The molecule has 1 aliphatic rings. The maximum absolute atomic E-state index is 11.2. The van der Waals surface area contributed by atoms with Crippen molar-refractivity contribution >= 4 is 13.1 Å². The van der Waals surface area contributed by atoms with E-state index in [9.17, 15) is 15.0 Å². The summed E-state index contributed by atoms with van der Waals surface area (Å²) in [4.78, 5) is 11.2. The lowest BCUT2D eigenvalue weighted by molar-refractivity contribution is -0.148. The Labute approximate surface area is 99.8 Å². The summed E-state index contributed by atoms with van der Waals surface area (Å²) in [5, 5.41) is 39.0. The molecule has 0 unspecified atom stereocenters. The normalized spacial score (nSPS) is 32.7. The molecule has 1 heterocycles. The second kappa shape index (κ2) is 5.32. The molecule has 98 valence electrons. The number of hydrogen-bond donors (Lipinski definition) is 6. The molecule has 0 aromatic heterocycles. The maximum atomic E-state index is 11.2. The van der Waals surface area contributed by atoms with Crippen LogP contribution in [-0.4, -0.2) is 58.6 Å². The van der Waals surface area contributed by atoms with E-state index in [1.165, 1.54) is 0 Å². The van der Waals surface area contributed by atoms with Crippen LogP contribution in [-0.2, 0) is 4.79 Å². The molecular formula is C9H19BN2O5. The van der Waals surface area contributed by atoms with Crippen LogP contribution in [0.3, 0.4) is 0 Å². The Morgan fingerprint density at radius 2 is 2.06 bits per heavy atom. The highest BCUT2D eigenvalue weighted by Gasteiger charge is 2.57. The fourth-order valence-corrected chi connectivity index (χ4v) is 2.36. The summed E-state index contributed by atoms with van der Waals surface area (Å²) in [6.45, 7) is 0.0721. The minimum atomic E-state index is -1.51. The molecule has 8 heteroatoms. The van der Waals surface area contributed by atoms with E-state index in [4.69, 9.17) is 15.8 Å². The molecule has 17 heavy (non-hydrogen) atoms. The van der Waals surface area contributed by atoms with Gasteiger partial charge in [-0.25, -0.2) is 0 Å². The first kappa shape index (κ1) is 14.4. The van der Waals surface area contributed by atoms with E-state index >= 15 is 0 Å². The minimum Gasteiger partial charge on any atom is -0.480 e. The van der Waals surface area contributed by atoms with Gasteiger partial charge in [0.1, 0.15) is 5.54 Å². The van der Waals surface area contributed by atoms with Crippen molar-refractivity contribution in [1.82, 2.24) is 5.32 Å². The average molecular weight is 246 g/mol. The van der Waals surface area contributed by atoms with E-state index in [2.05, 4.69) is 5.32 Å². The number of carboxylic acid groups (broad SMARTS) is 1. The first-order valence-electron chi connectivity index (χ1n) is 5.58. The van der Waals surface area contributed by atoms with Gasteiger partial charge in [-0.2, -0.15) is 0 Å². The number of carboxylic acids is 1. The zero-order chi connectivity index (χ0) is 13.1. The third-order valence-electron chi connectivity index (χ3n) is 3.62. The van der Waals surface area contributed by atoms with Gasteiger partial charge in [0.25, 0.3) is 0 Å². The molecule has 1 aliphatic heterocycles. The Morgan fingerprint density at radius 3 is 2.53 bits per heavy atom. The lowest BCUT2D eigenvalue weighted by atomic mass is 9.68. The smallest absolute Gasteiger partial charge is 0.451 e.